The largest absolute Gasteiger partial charge is 0.497 e. The minimum absolute atomic E-state index is 0.0319. The van der Waals surface area contributed by atoms with Gasteiger partial charge in [-0.15, -0.1) is 0 Å². The summed E-state index contributed by atoms with van der Waals surface area (Å²) < 4.78 is 23.4. The Balaban J connectivity index is 1.55. The lowest BCUT2D eigenvalue weighted by atomic mass is 10.1. The zero-order valence-electron chi connectivity index (χ0n) is 15.9. The number of carbonyl (C=O) groups is 2. The number of hydrogen-bond acceptors (Lipinski definition) is 4. The van der Waals surface area contributed by atoms with Crippen molar-refractivity contribution in [2.75, 3.05) is 27.3 Å². The van der Waals surface area contributed by atoms with E-state index in [-0.39, 0.29) is 23.5 Å². The lowest BCUT2D eigenvalue weighted by molar-refractivity contribution is -0.128. The molecule has 0 bridgehead atoms. The van der Waals surface area contributed by atoms with Crippen LogP contribution in [0.3, 0.4) is 0 Å². The lowest BCUT2D eigenvalue weighted by Crippen LogP contribution is -2.31. The summed E-state index contributed by atoms with van der Waals surface area (Å²) >= 11 is 0. The fourth-order valence-electron chi connectivity index (χ4n) is 3.23. The van der Waals surface area contributed by atoms with E-state index in [1.807, 2.05) is 0 Å². The molecule has 2 amide bonds. The molecular weight excluding hydrogens is 363 g/mol. The molecule has 1 atom stereocenters. The minimum Gasteiger partial charge on any atom is -0.497 e. The summed E-state index contributed by atoms with van der Waals surface area (Å²) in [5.74, 6) is 0.584. The summed E-state index contributed by atoms with van der Waals surface area (Å²) in [5, 5.41) is 2.88. The van der Waals surface area contributed by atoms with E-state index in [1.54, 1.807) is 35.2 Å². The van der Waals surface area contributed by atoms with Crippen LogP contribution in [-0.4, -0.2) is 44.0 Å². The molecule has 1 aliphatic heterocycles. The van der Waals surface area contributed by atoms with E-state index >= 15 is 0 Å². The molecule has 28 heavy (non-hydrogen) atoms. The van der Waals surface area contributed by atoms with Crippen molar-refractivity contribution in [1.29, 1.82) is 0 Å². The fraction of sp³-hybridized carbons (Fsp3) is 0.333. The Labute approximate surface area is 163 Å². The molecule has 1 unspecified atom stereocenters. The normalized spacial score (nSPS) is 16.2. The molecule has 1 fully saturated rings. The number of amides is 2. The zero-order valence-corrected chi connectivity index (χ0v) is 15.9. The summed E-state index contributed by atoms with van der Waals surface area (Å²) in [6.45, 7) is 1.39. The van der Waals surface area contributed by atoms with E-state index in [4.69, 9.17) is 9.47 Å². The van der Waals surface area contributed by atoms with E-state index in [0.29, 0.717) is 43.1 Å². The molecule has 2 aromatic rings. The Morgan fingerprint density at radius 3 is 2.39 bits per heavy atom. The van der Waals surface area contributed by atoms with Gasteiger partial charge in [-0.1, -0.05) is 12.1 Å². The van der Waals surface area contributed by atoms with Crippen LogP contribution < -0.4 is 14.8 Å². The summed E-state index contributed by atoms with van der Waals surface area (Å²) in [6.07, 6.45) is 0.378. The Hall–Kier alpha value is -3.09. The van der Waals surface area contributed by atoms with E-state index < -0.39 is 0 Å². The van der Waals surface area contributed by atoms with Crippen LogP contribution in [0.4, 0.5) is 4.39 Å². The van der Waals surface area contributed by atoms with E-state index in [1.165, 1.54) is 26.4 Å². The fourth-order valence-corrected chi connectivity index (χ4v) is 3.23. The summed E-state index contributed by atoms with van der Waals surface area (Å²) in [4.78, 5) is 26.4. The van der Waals surface area contributed by atoms with Crippen molar-refractivity contribution in [1.82, 2.24) is 10.2 Å². The number of nitrogens with one attached hydrogen (secondary N) is 1. The molecule has 0 radical (unpaired) electrons. The maximum atomic E-state index is 13.0. The molecule has 1 saturated heterocycles. The highest BCUT2D eigenvalue weighted by Gasteiger charge is 2.29. The number of hydrogen-bond donors (Lipinski definition) is 1. The maximum Gasteiger partial charge on any atom is 0.251 e. The van der Waals surface area contributed by atoms with Crippen LogP contribution in [0, 0.1) is 11.7 Å². The predicted octanol–water partition coefficient (Wildman–Crippen LogP) is 2.62. The quantitative estimate of drug-likeness (QED) is 0.794. The van der Waals surface area contributed by atoms with Crippen LogP contribution in [0.1, 0.15) is 22.3 Å². The average molecular weight is 386 g/mol. The van der Waals surface area contributed by atoms with Crippen molar-refractivity contribution in [3.8, 4) is 11.5 Å². The Kier molecular flexibility index (Phi) is 6.13. The van der Waals surface area contributed by atoms with Crippen LogP contribution in [0.25, 0.3) is 0 Å². The molecule has 7 heteroatoms. The number of ether oxygens (including phenoxy) is 2. The number of benzene rings is 2. The van der Waals surface area contributed by atoms with Crippen LogP contribution in [0.5, 0.6) is 11.5 Å². The van der Waals surface area contributed by atoms with Gasteiger partial charge in [0.2, 0.25) is 5.91 Å². The third-order valence-electron chi connectivity index (χ3n) is 4.75. The van der Waals surface area contributed by atoms with Gasteiger partial charge >= 0.3 is 0 Å². The molecule has 148 valence electrons. The van der Waals surface area contributed by atoms with E-state index in [0.717, 1.165) is 5.56 Å². The predicted molar refractivity (Wildman–Crippen MR) is 102 cm³/mol. The molecule has 1 aliphatic rings. The molecule has 2 aromatic carbocycles. The van der Waals surface area contributed by atoms with Crippen molar-refractivity contribution in [2.24, 2.45) is 5.92 Å². The van der Waals surface area contributed by atoms with Crippen LogP contribution in [-0.2, 0) is 11.3 Å². The Bertz CT molecular complexity index is 832. The van der Waals surface area contributed by atoms with Gasteiger partial charge in [-0.3, -0.25) is 9.59 Å². The first-order chi connectivity index (χ1) is 13.5. The maximum absolute atomic E-state index is 13.0. The van der Waals surface area contributed by atoms with E-state index in [9.17, 15) is 14.0 Å². The number of carbonyl (C=O) groups excluding carboxylic acids is 2. The van der Waals surface area contributed by atoms with Gasteiger partial charge in [-0.25, -0.2) is 4.39 Å². The summed E-state index contributed by atoms with van der Waals surface area (Å²) in [6, 6.07) is 11.1. The summed E-state index contributed by atoms with van der Waals surface area (Å²) in [5.41, 5.74) is 1.31. The highest BCUT2D eigenvalue weighted by atomic mass is 19.1. The third kappa shape index (κ3) is 4.79. The second-order valence-corrected chi connectivity index (χ2v) is 6.78. The monoisotopic (exact) mass is 386 g/mol. The highest BCUT2D eigenvalue weighted by molar-refractivity contribution is 5.95. The molecule has 1 heterocycles. The van der Waals surface area contributed by atoms with Crippen molar-refractivity contribution < 1.29 is 23.5 Å². The van der Waals surface area contributed by atoms with Gasteiger partial charge < -0.3 is 19.7 Å². The molecule has 0 aromatic heterocycles. The Morgan fingerprint density at radius 2 is 1.79 bits per heavy atom. The van der Waals surface area contributed by atoms with Gasteiger partial charge in [0.05, 0.1) is 14.2 Å². The van der Waals surface area contributed by atoms with Crippen molar-refractivity contribution in [3.05, 3.63) is 59.4 Å². The highest BCUT2D eigenvalue weighted by Crippen LogP contribution is 2.23. The SMILES string of the molecule is COc1cc(OC)cc(C(=O)NCC2CC(=O)N(Cc3ccc(F)cc3)C2)c1. The Morgan fingerprint density at radius 1 is 1.14 bits per heavy atom. The van der Waals surface area contributed by atoms with Gasteiger partial charge in [-0.05, 0) is 29.8 Å². The first kappa shape index (κ1) is 19.7. The van der Waals surface area contributed by atoms with Crippen LogP contribution >= 0.6 is 0 Å². The van der Waals surface area contributed by atoms with Gasteiger partial charge in [0.25, 0.3) is 5.91 Å². The second kappa shape index (κ2) is 8.73. The van der Waals surface area contributed by atoms with Crippen molar-refractivity contribution >= 4 is 11.8 Å². The van der Waals surface area contributed by atoms with Gasteiger partial charge in [-0.2, -0.15) is 0 Å². The summed E-state index contributed by atoms with van der Waals surface area (Å²) in [7, 11) is 3.05. The number of methoxy groups -OCH3 is 2. The first-order valence-electron chi connectivity index (χ1n) is 9.02. The van der Waals surface area contributed by atoms with Crippen molar-refractivity contribution in [2.45, 2.75) is 13.0 Å². The third-order valence-corrected chi connectivity index (χ3v) is 4.75. The van der Waals surface area contributed by atoms with Crippen LogP contribution in [0.15, 0.2) is 42.5 Å². The topological polar surface area (TPSA) is 67.9 Å². The first-order valence-corrected chi connectivity index (χ1v) is 9.02. The van der Waals surface area contributed by atoms with E-state index in [2.05, 4.69) is 5.32 Å². The molecule has 0 spiro atoms. The standard InChI is InChI=1S/C21H23FN2O4/c1-27-18-8-16(9-19(10-18)28-2)21(26)23-11-15-7-20(25)24(13-15)12-14-3-5-17(22)6-4-14/h3-6,8-10,15H,7,11-13H2,1-2H3,(H,23,26). The second-order valence-electron chi connectivity index (χ2n) is 6.78. The number of likely N-dealkylation sites (tertiary alicyclic amines) is 1. The van der Waals surface area contributed by atoms with Gasteiger partial charge in [0.15, 0.2) is 0 Å². The average Bonchev–Trinajstić information content (AvgIpc) is 3.06. The molecule has 0 aliphatic carbocycles. The number of halogens is 1. The van der Waals surface area contributed by atoms with Crippen LogP contribution in [0.2, 0.25) is 0 Å². The molecule has 1 N–H and O–H groups in total. The smallest absolute Gasteiger partial charge is 0.251 e. The zero-order chi connectivity index (χ0) is 20.1. The number of rotatable bonds is 7. The minimum atomic E-state index is -0.300. The van der Waals surface area contributed by atoms with Crippen molar-refractivity contribution in [3.63, 3.8) is 0 Å². The molecular formula is C21H23FN2O4. The molecule has 3 rings (SSSR count). The van der Waals surface area contributed by atoms with Gasteiger partial charge in [0.1, 0.15) is 17.3 Å². The molecule has 6 nitrogen and oxygen atoms in total. The molecule has 0 saturated carbocycles. The number of nitrogens with zero attached hydrogens (tertiary/aromatic N) is 1. The lowest BCUT2D eigenvalue weighted by Gasteiger charge is -2.17. The van der Waals surface area contributed by atoms with Gasteiger partial charge in [0, 0.05) is 43.6 Å².